The van der Waals surface area contributed by atoms with Crippen LogP contribution in [-0.2, 0) is 6.54 Å². The van der Waals surface area contributed by atoms with E-state index in [-0.39, 0.29) is 11.6 Å². The Bertz CT molecular complexity index is 434. The van der Waals surface area contributed by atoms with Crippen molar-refractivity contribution in [3.05, 3.63) is 35.4 Å². The highest BCUT2D eigenvalue weighted by Crippen LogP contribution is 2.21. The van der Waals surface area contributed by atoms with Crippen LogP contribution in [0.25, 0.3) is 0 Å². The fourth-order valence-electron chi connectivity index (χ4n) is 2.75. The van der Waals surface area contributed by atoms with Crippen LogP contribution < -0.4 is 5.32 Å². The van der Waals surface area contributed by atoms with E-state index < -0.39 is 0 Å². The van der Waals surface area contributed by atoms with E-state index in [1.54, 1.807) is 0 Å². The number of hydrogen-bond acceptors (Lipinski definition) is 2. The molecule has 112 valence electrons. The lowest BCUT2D eigenvalue weighted by atomic mass is 10.0. The third kappa shape index (κ3) is 4.25. The number of halogens is 2. The van der Waals surface area contributed by atoms with E-state index in [9.17, 15) is 8.78 Å². The maximum atomic E-state index is 13.8. The van der Waals surface area contributed by atoms with Crippen molar-refractivity contribution in [2.75, 3.05) is 13.1 Å². The molecular weight excluding hydrogens is 258 g/mol. The van der Waals surface area contributed by atoms with Gasteiger partial charge < -0.3 is 5.32 Å². The first-order valence-corrected chi connectivity index (χ1v) is 7.47. The van der Waals surface area contributed by atoms with E-state index >= 15 is 0 Å². The molecule has 1 saturated heterocycles. The fraction of sp³-hybridized carbons (Fsp3) is 0.625. The van der Waals surface area contributed by atoms with Gasteiger partial charge in [0.05, 0.1) is 0 Å². The van der Waals surface area contributed by atoms with Crippen LogP contribution in [0, 0.1) is 11.6 Å². The average molecular weight is 282 g/mol. The second-order valence-corrected chi connectivity index (χ2v) is 5.92. The summed E-state index contributed by atoms with van der Waals surface area (Å²) in [6, 6.07) is 4.57. The number of hydrogen-bond donors (Lipinski definition) is 1. The quantitative estimate of drug-likeness (QED) is 0.891. The lowest BCUT2D eigenvalue weighted by molar-refractivity contribution is 0.134. The monoisotopic (exact) mass is 282 g/mol. The van der Waals surface area contributed by atoms with Gasteiger partial charge in [0.25, 0.3) is 0 Å². The van der Waals surface area contributed by atoms with Crippen LogP contribution in [0.5, 0.6) is 0 Å². The van der Waals surface area contributed by atoms with E-state index in [4.69, 9.17) is 0 Å². The molecule has 2 rings (SSSR count). The van der Waals surface area contributed by atoms with Gasteiger partial charge in [-0.1, -0.05) is 20.3 Å². The molecule has 0 radical (unpaired) electrons. The first-order valence-electron chi connectivity index (χ1n) is 7.47. The van der Waals surface area contributed by atoms with Gasteiger partial charge in [0, 0.05) is 30.7 Å². The van der Waals surface area contributed by atoms with Gasteiger partial charge in [-0.2, -0.15) is 0 Å². The lowest BCUT2D eigenvalue weighted by Gasteiger charge is -2.36. The molecule has 1 aromatic rings. The molecule has 0 amide bonds. The summed E-state index contributed by atoms with van der Waals surface area (Å²) in [5.41, 5.74) is 0.460. The predicted octanol–water partition coefficient (Wildman–Crippen LogP) is 3.32. The number of rotatable bonds is 5. The van der Waals surface area contributed by atoms with Crippen molar-refractivity contribution in [2.45, 2.75) is 51.7 Å². The van der Waals surface area contributed by atoms with Crippen molar-refractivity contribution >= 4 is 0 Å². The highest BCUT2D eigenvalue weighted by atomic mass is 19.1. The average Bonchev–Trinajstić information content (AvgIpc) is 2.42. The zero-order valence-electron chi connectivity index (χ0n) is 12.3. The maximum Gasteiger partial charge on any atom is 0.127 e. The van der Waals surface area contributed by atoms with Gasteiger partial charge in [0.2, 0.25) is 0 Å². The molecule has 0 spiro atoms. The summed E-state index contributed by atoms with van der Waals surface area (Å²) in [7, 11) is 0. The summed E-state index contributed by atoms with van der Waals surface area (Å²) in [6.07, 6.45) is 3.47. The molecule has 1 aliphatic heterocycles. The van der Waals surface area contributed by atoms with E-state index in [0.717, 1.165) is 25.9 Å². The zero-order chi connectivity index (χ0) is 14.5. The van der Waals surface area contributed by atoms with Crippen LogP contribution >= 0.6 is 0 Å². The smallest absolute Gasteiger partial charge is 0.127 e. The topological polar surface area (TPSA) is 15.3 Å². The van der Waals surface area contributed by atoms with E-state index in [1.807, 2.05) is 0 Å². The van der Waals surface area contributed by atoms with Crippen LogP contribution in [0.1, 0.15) is 38.7 Å². The van der Waals surface area contributed by atoms with Crippen molar-refractivity contribution in [1.82, 2.24) is 10.2 Å². The summed E-state index contributed by atoms with van der Waals surface area (Å²) >= 11 is 0. The summed E-state index contributed by atoms with van der Waals surface area (Å²) in [5, 5.41) is 3.45. The van der Waals surface area contributed by atoms with Gasteiger partial charge in [0.15, 0.2) is 0 Å². The highest BCUT2D eigenvalue weighted by Gasteiger charge is 2.23. The normalized spacial score (nSPS) is 20.6. The van der Waals surface area contributed by atoms with E-state index in [1.165, 1.54) is 24.6 Å². The van der Waals surface area contributed by atoms with Crippen molar-refractivity contribution < 1.29 is 8.78 Å². The van der Waals surface area contributed by atoms with Crippen molar-refractivity contribution in [2.24, 2.45) is 0 Å². The number of nitrogens with zero attached hydrogens (tertiary/aromatic N) is 1. The fourth-order valence-corrected chi connectivity index (χ4v) is 2.75. The predicted molar refractivity (Wildman–Crippen MR) is 77.5 cm³/mol. The molecule has 0 bridgehead atoms. The molecule has 20 heavy (non-hydrogen) atoms. The minimum Gasteiger partial charge on any atom is -0.313 e. The Morgan fingerprint density at radius 2 is 2.10 bits per heavy atom. The second kappa shape index (κ2) is 7.14. The number of likely N-dealkylation sites (tertiary alicyclic amines) is 1. The maximum absolute atomic E-state index is 13.8. The van der Waals surface area contributed by atoms with Crippen LogP contribution in [0.4, 0.5) is 8.78 Å². The number of benzene rings is 1. The summed E-state index contributed by atoms with van der Waals surface area (Å²) in [4.78, 5) is 2.27. The zero-order valence-corrected chi connectivity index (χ0v) is 12.3. The molecule has 0 aliphatic carbocycles. The van der Waals surface area contributed by atoms with Crippen LogP contribution in [0.2, 0.25) is 0 Å². The summed E-state index contributed by atoms with van der Waals surface area (Å²) in [5.74, 6) is -0.678. The molecule has 1 N–H and O–H groups in total. The molecule has 1 atom stereocenters. The molecule has 1 fully saturated rings. The summed E-state index contributed by atoms with van der Waals surface area (Å²) < 4.78 is 27.0. The Kier molecular flexibility index (Phi) is 5.49. The summed E-state index contributed by atoms with van der Waals surface area (Å²) in [6.45, 7) is 6.61. The van der Waals surface area contributed by atoms with Gasteiger partial charge in [-0.15, -0.1) is 0 Å². The van der Waals surface area contributed by atoms with Gasteiger partial charge in [0.1, 0.15) is 11.6 Å². The molecule has 2 nitrogen and oxygen atoms in total. The number of piperidine rings is 1. The largest absolute Gasteiger partial charge is 0.313 e. The highest BCUT2D eigenvalue weighted by molar-refractivity contribution is 5.18. The van der Waals surface area contributed by atoms with Crippen LogP contribution in [0.3, 0.4) is 0 Å². The standard InChI is InChI=1S/C16H24F2N2/c1-12(2)19-10-15-5-3-4-8-20(15)11-13-9-14(17)6-7-16(13)18/h6-7,9,12,15,19H,3-5,8,10-11H2,1-2H3. The van der Waals surface area contributed by atoms with Crippen LogP contribution in [-0.4, -0.2) is 30.1 Å². The molecule has 0 aromatic heterocycles. The minimum atomic E-state index is -0.365. The third-order valence-corrected chi connectivity index (χ3v) is 3.89. The first kappa shape index (κ1) is 15.4. The first-order chi connectivity index (χ1) is 9.56. The van der Waals surface area contributed by atoms with Crippen LogP contribution in [0.15, 0.2) is 18.2 Å². The van der Waals surface area contributed by atoms with Gasteiger partial charge >= 0.3 is 0 Å². The van der Waals surface area contributed by atoms with Crippen molar-refractivity contribution in [3.8, 4) is 0 Å². The van der Waals surface area contributed by atoms with Gasteiger partial charge in [-0.05, 0) is 37.6 Å². The number of nitrogens with one attached hydrogen (secondary N) is 1. The van der Waals surface area contributed by atoms with E-state index in [2.05, 4.69) is 24.1 Å². The van der Waals surface area contributed by atoms with E-state index in [0.29, 0.717) is 24.2 Å². The SMILES string of the molecule is CC(C)NCC1CCCCN1Cc1cc(F)ccc1F. The lowest BCUT2D eigenvalue weighted by Crippen LogP contribution is -2.46. The Morgan fingerprint density at radius 3 is 2.85 bits per heavy atom. The molecule has 1 heterocycles. The Balaban J connectivity index is 2.02. The minimum absolute atomic E-state index is 0.312. The van der Waals surface area contributed by atoms with Gasteiger partial charge in [-0.25, -0.2) is 8.78 Å². The Hall–Kier alpha value is -1.00. The molecule has 1 unspecified atom stereocenters. The molecular formula is C16H24F2N2. The van der Waals surface area contributed by atoms with Gasteiger partial charge in [-0.3, -0.25) is 4.90 Å². The molecule has 4 heteroatoms. The molecule has 1 aliphatic rings. The Morgan fingerprint density at radius 1 is 1.30 bits per heavy atom. The Labute approximate surface area is 120 Å². The van der Waals surface area contributed by atoms with Crippen molar-refractivity contribution in [3.63, 3.8) is 0 Å². The second-order valence-electron chi connectivity index (χ2n) is 5.92. The molecule has 0 saturated carbocycles. The molecule has 1 aromatic carbocycles. The third-order valence-electron chi connectivity index (χ3n) is 3.89. The van der Waals surface area contributed by atoms with Crippen molar-refractivity contribution in [1.29, 1.82) is 0 Å².